The summed E-state index contributed by atoms with van der Waals surface area (Å²) in [7, 11) is 1.64. The Balaban J connectivity index is 1.82. The van der Waals surface area contributed by atoms with Crippen molar-refractivity contribution in [1.29, 1.82) is 0 Å². The molecule has 0 radical (unpaired) electrons. The van der Waals surface area contributed by atoms with Crippen LogP contribution in [0.15, 0.2) is 36.7 Å². The highest BCUT2D eigenvalue weighted by Gasteiger charge is 2.31. The van der Waals surface area contributed by atoms with Gasteiger partial charge in [0, 0.05) is 31.5 Å². The zero-order valence-electron chi connectivity index (χ0n) is 13.3. The molecule has 1 N–H and O–H groups in total. The number of methoxy groups -OCH3 is 1. The SMILES string of the molecule is COCCNc1cc(C(=O)N2c3ccccc3CC2C)ncn1. The predicted molar refractivity (Wildman–Crippen MR) is 88.8 cm³/mol. The maximum atomic E-state index is 12.9. The standard InChI is InChI=1S/C17H20N4O2/c1-12-9-13-5-3-4-6-15(13)21(12)17(22)14-10-16(20-11-19-14)18-7-8-23-2/h3-6,10-12H,7-9H2,1-2H3,(H,18,19,20). The molecule has 120 valence electrons. The molecule has 2 heterocycles. The minimum Gasteiger partial charge on any atom is -0.383 e. The van der Waals surface area contributed by atoms with Crippen molar-refractivity contribution >= 4 is 17.4 Å². The van der Waals surface area contributed by atoms with Crippen molar-refractivity contribution in [2.45, 2.75) is 19.4 Å². The molecule has 3 rings (SSSR count). The van der Waals surface area contributed by atoms with Crippen LogP contribution >= 0.6 is 0 Å². The molecule has 1 aliphatic heterocycles. The second-order valence-corrected chi connectivity index (χ2v) is 5.57. The number of ether oxygens (including phenoxy) is 1. The van der Waals surface area contributed by atoms with Crippen LogP contribution in [0.2, 0.25) is 0 Å². The average Bonchev–Trinajstić information content (AvgIpc) is 2.90. The Morgan fingerprint density at radius 2 is 2.22 bits per heavy atom. The normalized spacial score (nSPS) is 16.3. The number of para-hydroxylation sites is 1. The Morgan fingerprint density at radius 3 is 3.04 bits per heavy atom. The molecule has 0 bridgehead atoms. The summed E-state index contributed by atoms with van der Waals surface area (Å²) in [6.07, 6.45) is 2.28. The Bertz CT molecular complexity index is 704. The van der Waals surface area contributed by atoms with E-state index in [4.69, 9.17) is 4.74 Å². The van der Waals surface area contributed by atoms with Gasteiger partial charge in [-0.25, -0.2) is 9.97 Å². The highest BCUT2D eigenvalue weighted by molar-refractivity contribution is 6.06. The van der Waals surface area contributed by atoms with Crippen molar-refractivity contribution in [2.75, 3.05) is 30.5 Å². The number of hydrogen-bond donors (Lipinski definition) is 1. The fourth-order valence-electron chi connectivity index (χ4n) is 2.85. The molecule has 1 aliphatic rings. The lowest BCUT2D eigenvalue weighted by atomic mass is 10.1. The number of nitrogens with zero attached hydrogens (tertiary/aromatic N) is 3. The number of fused-ring (bicyclic) bond motifs is 1. The molecule has 0 saturated carbocycles. The quantitative estimate of drug-likeness (QED) is 0.857. The van der Waals surface area contributed by atoms with Crippen molar-refractivity contribution in [2.24, 2.45) is 0 Å². The fraction of sp³-hybridized carbons (Fsp3) is 0.353. The Morgan fingerprint density at radius 1 is 1.39 bits per heavy atom. The summed E-state index contributed by atoms with van der Waals surface area (Å²) < 4.78 is 4.99. The maximum Gasteiger partial charge on any atom is 0.277 e. The lowest BCUT2D eigenvalue weighted by Crippen LogP contribution is -2.36. The van der Waals surface area contributed by atoms with Gasteiger partial charge in [0.1, 0.15) is 17.8 Å². The van der Waals surface area contributed by atoms with Crippen LogP contribution in [0, 0.1) is 0 Å². The van der Waals surface area contributed by atoms with Gasteiger partial charge in [0.15, 0.2) is 0 Å². The number of hydrogen-bond acceptors (Lipinski definition) is 5. The van der Waals surface area contributed by atoms with Gasteiger partial charge in [-0.2, -0.15) is 0 Å². The van der Waals surface area contributed by atoms with E-state index in [2.05, 4.69) is 28.3 Å². The molecule has 1 atom stereocenters. The van der Waals surface area contributed by atoms with Gasteiger partial charge < -0.3 is 15.0 Å². The number of carbonyl (C=O) groups is 1. The fourth-order valence-corrected chi connectivity index (χ4v) is 2.85. The molecule has 6 nitrogen and oxygen atoms in total. The van der Waals surface area contributed by atoms with Gasteiger partial charge in [0.2, 0.25) is 0 Å². The Hall–Kier alpha value is -2.47. The Labute approximate surface area is 135 Å². The summed E-state index contributed by atoms with van der Waals surface area (Å²) >= 11 is 0. The second-order valence-electron chi connectivity index (χ2n) is 5.57. The van der Waals surface area contributed by atoms with E-state index in [0.29, 0.717) is 24.7 Å². The second kappa shape index (κ2) is 6.75. The summed E-state index contributed by atoms with van der Waals surface area (Å²) in [5, 5.41) is 3.11. The van der Waals surface area contributed by atoms with E-state index in [1.54, 1.807) is 13.2 Å². The van der Waals surface area contributed by atoms with E-state index in [9.17, 15) is 4.79 Å². The van der Waals surface area contributed by atoms with Crippen LogP contribution in [0.4, 0.5) is 11.5 Å². The van der Waals surface area contributed by atoms with Crippen LogP contribution in [-0.2, 0) is 11.2 Å². The molecule has 0 aliphatic carbocycles. The molecule has 1 unspecified atom stereocenters. The number of anilines is 2. The van der Waals surface area contributed by atoms with Gasteiger partial charge in [-0.05, 0) is 25.0 Å². The van der Waals surface area contributed by atoms with Crippen molar-refractivity contribution < 1.29 is 9.53 Å². The van der Waals surface area contributed by atoms with Crippen LogP contribution in [0.5, 0.6) is 0 Å². The van der Waals surface area contributed by atoms with E-state index in [-0.39, 0.29) is 11.9 Å². The molecular weight excluding hydrogens is 292 g/mol. The topological polar surface area (TPSA) is 67.3 Å². The maximum absolute atomic E-state index is 12.9. The third kappa shape index (κ3) is 3.17. The molecule has 0 spiro atoms. The van der Waals surface area contributed by atoms with E-state index in [1.807, 2.05) is 23.1 Å². The lowest BCUT2D eigenvalue weighted by molar-refractivity contribution is 0.0976. The molecule has 1 aromatic heterocycles. The summed E-state index contributed by atoms with van der Waals surface area (Å²) in [5.41, 5.74) is 2.56. The highest BCUT2D eigenvalue weighted by atomic mass is 16.5. The summed E-state index contributed by atoms with van der Waals surface area (Å²) in [5.74, 6) is 0.528. The van der Waals surface area contributed by atoms with E-state index in [0.717, 1.165) is 12.1 Å². The Kier molecular flexibility index (Phi) is 4.52. The number of aromatic nitrogens is 2. The number of amides is 1. The lowest BCUT2D eigenvalue weighted by Gasteiger charge is -2.22. The van der Waals surface area contributed by atoms with Crippen molar-refractivity contribution in [3.8, 4) is 0 Å². The van der Waals surface area contributed by atoms with Gasteiger partial charge in [0.05, 0.1) is 6.61 Å². The summed E-state index contributed by atoms with van der Waals surface area (Å²) in [6, 6.07) is 9.81. The van der Waals surface area contributed by atoms with Crippen LogP contribution in [0.1, 0.15) is 23.0 Å². The minimum absolute atomic E-state index is 0.0976. The smallest absolute Gasteiger partial charge is 0.277 e. The highest BCUT2D eigenvalue weighted by Crippen LogP contribution is 2.32. The molecule has 0 fully saturated rings. The summed E-state index contributed by atoms with van der Waals surface area (Å²) in [6.45, 7) is 3.25. The molecule has 1 aromatic carbocycles. The van der Waals surface area contributed by atoms with E-state index in [1.165, 1.54) is 11.9 Å². The van der Waals surface area contributed by atoms with Crippen molar-refractivity contribution in [3.05, 3.63) is 47.9 Å². The molecule has 1 amide bonds. The van der Waals surface area contributed by atoms with Crippen molar-refractivity contribution in [1.82, 2.24) is 9.97 Å². The van der Waals surface area contributed by atoms with Gasteiger partial charge in [-0.3, -0.25) is 4.79 Å². The first kappa shape index (κ1) is 15.4. The summed E-state index contributed by atoms with van der Waals surface area (Å²) in [4.78, 5) is 23.0. The van der Waals surface area contributed by atoms with Gasteiger partial charge in [0.25, 0.3) is 5.91 Å². The molecule has 2 aromatic rings. The van der Waals surface area contributed by atoms with E-state index < -0.39 is 0 Å². The molecule has 23 heavy (non-hydrogen) atoms. The van der Waals surface area contributed by atoms with Crippen molar-refractivity contribution in [3.63, 3.8) is 0 Å². The predicted octanol–water partition coefficient (Wildman–Crippen LogP) is 2.13. The zero-order valence-corrected chi connectivity index (χ0v) is 13.3. The van der Waals surface area contributed by atoms with Crippen LogP contribution in [0.25, 0.3) is 0 Å². The molecular formula is C17H20N4O2. The number of carbonyl (C=O) groups excluding carboxylic acids is 1. The number of benzene rings is 1. The third-order valence-electron chi connectivity index (χ3n) is 3.92. The zero-order chi connectivity index (χ0) is 16.2. The first-order chi connectivity index (χ1) is 11.2. The van der Waals surface area contributed by atoms with Crippen LogP contribution < -0.4 is 10.2 Å². The third-order valence-corrected chi connectivity index (χ3v) is 3.92. The first-order valence-electron chi connectivity index (χ1n) is 7.67. The molecule has 0 saturated heterocycles. The largest absolute Gasteiger partial charge is 0.383 e. The van der Waals surface area contributed by atoms with Gasteiger partial charge in [-0.1, -0.05) is 18.2 Å². The van der Waals surface area contributed by atoms with Crippen LogP contribution in [-0.4, -0.2) is 42.2 Å². The first-order valence-corrected chi connectivity index (χ1v) is 7.67. The molecule has 6 heteroatoms. The average molecular weight is 312 g/mol. The number of rotatable bonds is 5. The van der Waals surface area contributed by atoms with Crippen LogP contribution in [0.3, 0.4) is 0 Å². The minimum atomic E-state index is -0.0976. The van der Waals surface area contributed by atoms with Gasteiger partial charge in [-0.15, -0.1) is 0 Å². The van der Waals surface area contributed by atoms with Gasteiger partial charge >= 0.3 is 0 Å². The monoisotopic (exact) mass is 312 g/mol. The van der Waals surface area contributed by atoms with E-state index >= 15 is 0 Å². The number of nitrogens with one attached hydrogen (secondary N) is 1.